The number of aromatic nitrogens is 4. The van der Waals surface area contributed by atoms with Crippen molar-refractivity contribution in [1.82, 2.24) is 45.5 Å². The fourth-order valence-corrected chi connectivity index (χ4v) is 7.68. The van der Waals surface area contributed by atoms with Gasteiger partial charge in [-0.3, -0.25) is 39.1 Å². The molecule has 0 unspecified atom stereocenters. The predicted octanol–water partition coefficient (Wildman–Crippen LogP) is -2.51. The van der Waals surface area contributed by atoms with Crippen LogP contribution in [0.2, 0.25) is 0 Å². The van der Waals surface area contributed by atoms with E-state index in [4.69, 9.17) is 15.6 Å². The molecule has 1 aromatic heterocycles. The van der Waals surface area contributed by atoms with Gasteiger partial charge in [-0.05, 0) is 40.6 Å². The van der Waals surface area contributed by atoms with Gasteiger partial charge in [0.2, 0.25) is 11.1 Å². The second-order valence-corrected chi connectivity index (χ2v) is 13.6. The molecule has 3 aliphatic heterocycles. The average molecular weight is 800 g/mol. The molecule has 5 rings (SSSR count). The van der Waals surface area contributed by atoms with Crippen molar-refractivity contribution < 1.29 is 53.3 Å². The molecule has 54 heavy (non-hydrogen) atoms. The first-order valence-electron chi connectivity index (χ1n) is 15.7. The second-order valence-electron chi connectivity index (χ2n) is 11.5. The first-order valence-corrected chi connectivity index (χ1v) is 17.7. The molecule has 2 aromatic rings. The Morgan fingerprint density at radius 1 is 1.09 bits per heavy atom. The Hall–Kier alpha value is -4.75. The van der Waals surface area contributed by atoms with Crippen LogP contribution >= 0.6 is 23.5 Å². The van der Waals surface area contributed by atoms with Crippen LogP contribution < -0.4 is 21.7 Å². The third-order valence-corrected chi connectivity index (χ3v) is 10.6. The van der Waals surface area contributed by atoms with Crippen LogP contribution in [0.4, 0.5) is 15.3 Å². The van der Waals surface area contributed by atoms with E-state index in [0.717, 1.165) is 4.90 Å². The number of anilines is 1. The number of hydrogen-bond acceptors (Lipinski definition) is 15. The number of likely N-dealkylation sites (N-methyl/N-ethyl adjacent to an activating group) is 1. The van der Waals surface area contributed by atoms with Crippen LogP contribution in [0.25, 0.3) is 0 Å². The second kappa shape index (κ2) is 18.1. The molecule has 2 saturated heterocycles. The summed E-state index contributed by atoms with van der Waals surface area (Å²) in [6.07, 6.45) is -1.02. The number of nitrogens with two attached hydrogens (primary N) is 1. The van der Waals surface area contributed by atoms with Crippen LogP contribution in [0.15, 0.2) is 40.7 Å². The van der Waals surface area contributed by atoms with Crippen LogP contribution in [0, 0.1) is 0 Å². The predicted molar refractivity (Wildman–Crippen MR) is 189 cm³/mol. The van der Waals surface area contributed by atoms with Crippen molar-refractivity contribution in [2.45, 2.75) is 35.6 Å². The molecule has 3 aliphatic rings. The molecule has 0 radical (unpaired) electrons. The Morgan fingerprint density at radius 3 is 2.41 bits per heavy atom. The number of piperazine rings is 1. The summed E-state index contributed by atoms with van der Waals surface area (Å²) in [5, 5.41) is 37.1. The Labute approximate surface area is 336 Å². The number of carboxylic acid groups (broad SMARTS) is 2. The number of thioether (sulfide) groups is 2. The molecular weight excluding hydrogens is 766 g/mol. The number of urea groups is 1. The number of nitrogens with zero attached hydrogens (tertiary/aromatic N) is 7. The number of aryl methyl sites for hydroxylation is 1. The fourth-order valence-electron chi connectivity index (χ4n) is 5.35. The van der Waals surface area contributed by atoms with Crippen LogP contribution in [0.5, 0.6) is 0 Å². The van der Waals surface area contributed by atoms with Gasteiger partial charge >= 0.3 is 65.4 Å². The SMILES string of the molecule is CCN1CCN(C(=O)N[C@H](C(=O)N[C@@H]2C(=O)N3C(C(=O)O)=C(CSc4nnnn4C)CS[C@H]23)c2ccc(NC(=O)OC[C@@H](N)C(=O)O)cc2)C(=O)C1=O.[NaH]. The zero-order valence-corrected chi connectivity index (χ0v) is 29.6. The molecule has 0 spiro atoms. The summed E-state index contributed by atoms with van der Waals surface area (Å²) < 4.78 is 6.20. The number of hydrogen-bond donors (Lipinski definition) is 6. The molecule has 1 aromatic carbocycles. The number of carbonyl (C=O) groups is 8. The Morgan fingerprint density at radius 2 is 1.80 bits per heavy atom. The summed E-state index contributed by atoms with van der Waals surface area (Å²) in [5.74, 6) is -5.94. The molecule has 7 amide bonds. The molecule has 0 bridgehead atoms. The Balaban J connectivity index is 0.00000650. The number of nitrogens with one attached hydrogen (secondary N) is 3. The first kappa shape index (κ1) is 42.0. The van der Waals surface area contributed by atoms with Gasteiger partial charge in [-0.25, -0.2) is 19.1 Å². The normalized spacial score (nSPS) is 19.2. The van der Waals surface area contributed by atoms with Crippen molar-refractivity contribution in [2.75, 3.05) is 43.1 Å². The molecule has 7 N–H and O–H groups in total. The third kappa shape index (κ3) is 9.12. The quantitative estimate of drug-likeness (QED) is 0.0528. The van der Waals surface area contributed by atoms with E-state index in [9.17, 15) is 43.5 Å². The molecule has 4 atom stereocenters. The molecule has 2 fully saturated rings. The number of carbonyl (C=O) groups excluding carboxylic acids is 6. The molecule has 0 aliphatic carbocycles. The van der Waals surface area contributed by atoms with Gasteiger partial charge in [-0.15, -0.1) is 16.9 Å². The van der Waals surface area contributed by atoms with E-state index in [2.05, 4.69) is 31.5 Å². The van der Waals surface area contributed by atoms with Gasteiger partial charge in [-0.2, -0.15) is 0 Å². The van der Waals surface area contributed by atoms with Crippen LogP contribution in [0.3, 0.4) is 0 Å². The Kier molecular flexibility index (Phi) is 14.0. The number of imide groups is 1. The summed E-state index contributed by atoms with van der Waals surface area (Å²) in [4.78, 5) is 104. The summed E-state index contributed by atoms with van der Waals surface area (Å²) >= 11 is 2.41. The van der Waals surface area contributed by atoms with E-state index in [0.29, 0.717) is 15.6 Å². The van der Waals surface area contributed by atoms with Crippen molar-refractivity contribution in [1.29, 1.82) is 0 Å². The van der Waals surface area contributed by atoms with Crippen LogP contribution in [0.1, 0.15) is 18.5 Å². The topological polar surface area (TPSA) is 302 Å². The zero-order chi connectivity index (χ0) is 38.6. The molecule has 25 heteroatoms. The standard InChI is InChI=1S/C29H33N11O11S2.Na.H/c1-3-38-8-9-39(23(44)22(38)43)27(49)33-17(13-4-6-15(7-5-13)31-29(50)51-10-16(30)25(45)46)20(41)32-18-21(42)40-19(26(47)48)14(11-52-24(18)40)12-53-28-34-35-36-37(28)2;;/h4-7,16-18,24H,3,8-12,30H2,1-2H3,(H,31,50)(H,32,41)(H,33,49)(H,45,46)(H,47,48);;/t16-,17+,18-,24-;;/m1../s1. The van der Waals surface area contributed by atoms with E-state index in [-0.39, 0.29) is 77.6 Å². The third-order valence-electron chi connectivity index (χ3n) is 8.17. The summed E-state index contributed by atoms with van der Waals surface area (Å²) in [7, 11) is 1.62. The molecule has 22 nitrogen and oxygen atoms in total. The Bertz CT molecular complexity index is 1880. The van der Waals surface area contributed by atoms with Crippen molar-refractivity contribution in [3.05, 3.63) is 41.1 Å². The number of β-lactam (4-membered cyclic amide) rings is 1. The van der Waals surface area contributed by atoms with E-state index in [1.54, 1.807) is 14.0 Å². The number of tetrazole rings is 1. The summed E-state index contributed by atoms with van der Waals surface area (Å²) in [6, 6.07) is 0.105. The minimum atomic E-state index is -1.55. The fraction of sp³-hybridized carbons (Fsp3) is 0.414. The maximum atomic E-state index is 13.9. The maximum absolute atomic E-state index is 13.9. The molecular formula is C29H34N11NaO11S2. The van der Waals surface area contributed by atoms with Crippen molar-refractivity contribution in [3.8, 4) is 0 Å². The number of aliphatic carboxylic acids is 2. The van der Waals surface area contributed by atoms with E-state index in [1.165, 1.54) is 57.4 Å². The van der Waals surface area contributed by atoms with E-state index < -0.39 is 77.8 Å². The van der Waals surface area contributed by atoms with Gasteiger partial charge in [0.1, 0.15) is 35.8 Å². The summed E-state index contributed by atoms with van der Waals surface area (Å²) in [6.45, 7) is 1.23. The van der Waals surface area contributed by atoms with Gasteiger partial charge in [0, 0.05) is 43.9 Å². The molecule has 0 saturated carbocycles. The van der Waals surface area contributed by atoms with Gasteiger partial charge in [-0.1, -0.05) is 23.9 Å². The summed E-state index contributed by atoms with van der Waals surface area (Å²) in [5.41, 5.74) is 5.82. The number of benzene rings is 1. The minimum absolute atomic E-state index is 0. The van der Waals surface area contributed by atoms with E-state index in [1.807, 2.05) is 0 Å². The molecule has 4 heterocycles. The van der Waals surface area contributed by atoms with Crippen molar-refractivity contribution in [2.24, 2.45) is 12.8 Å². The zero-order valence-electron chi connectivity index (χ0n) is 28.0. The number of ether oxygens (including phenoxy) is 1. The number of amides is 7. The monoisotopic (exact) mass is 799 g/mol. The van der Waals surface area contributed by atoms with Gasteiger partial charge in [0.15, 0.2) is 0 Å². The number of fused-ring (bicyclic) bond motifs is 1. The first-order chi connectivity index (χ1) is 25.2. The van der Waals surface area contributed by atoms with Gasteiger partial charge in [0.25, 0.3) is 5.91 Å². The average Bonchev–Trinajstić information content (AvgIpc) is 3.55. The van der Waals surface area contributed by atoms with Gasteiger partial charge < -0.3 is 36.2 Å². The van der Waals surface area contributed by atoms with E-state index >= 15 is 0 Å². The van der Waals surface area contributed by atoms with Crippen LogP contribution in [-0.4, -0.2) is 178 Å². The number of carboxylic acids is 2. The van der Waals surface area contributed by atoms with Crippen molar-refractivity contribution in [3.63, 3.8) is 0 Å². The van der Waals surface area contributed by atoms with Crippen molar-refractivity contribution >= 4 is 106 Å². The molecule has 284 valence electrons. The van der Waals surface area contributed by atoms with Crippen LogP contribution in [-0.2, 0) is 40.6 Å². The number of rotatable bonds is 13. The van der Waals surface area contributed by atoms with Gasteiger partial charge in [0.05, 0.1) is 0 Å².